The van der Waals surface area contributed by atoms with Crippen molar-refractivity contribution in [1.82, 2.24) is 0 Å². The van der Waals surface area contributed by atoms with Crippen molar-refractivity contribution in [3.63, 3.8) is 0 Å². The Morgan fingerprint density at radius 1 is 1.14 bits per heavy atom. The van der Waals surface area contributed by atoms with Crippen LogP contribution in [0.4, 0.5) is 5.69 Å². The summed E-state index contributed by atoms with van der Waals surface area (Å²) < 4.78 is 1.14. The largest absolute Gasteiger partial charge is 0.378 e. The molecule has 1 nitrogen and oxygen atoms in total. The molecule has 0 atom stereocenters. The van der Waals surface area contributed by atoms with E-state index in [0.717, 1.165) is 4.47 Å². The molecule has 0 amide bonds. The van der Waals surface area contributed by atoms with Crippen LogP contribution in [0.15, 0.2) is 28.7 Å². The van der Waals surface area contributed by atoms with Gasteiger partial charge in [-0.2, -0.15) is 0 Å². The molecule has 0 N–H and O–H groups in total. The van der Waals surface area contributed by atoms with E-state index >= 15 is 0 Å². The van der Waals surface area contributed by atoms with Crippen molar-refractivity contribution in [3.05, 3.63) is 28.7 Å². The first kappa shape index (κ1) is 11.8. The fourth-order valence-electron chi connectivity index (χ4n) is 1.50. The zero-order valence-corrected chi connectivity index (χ0v) is 11.9. The summed E-state index contributed by atoms with van der Waals surface area (Å²) in [5.41, 5.74) is 1.30. The Bertz CT molecular complexity index is 289. The van der Waals surface area contributed by atoms with Crippen LogP contribution in [0, 0.1) is 0 Å². The van der Waals surface area contributed by atoms with Crippen LogP contribution in [-0.2, 0) is 0 Å². The Hall–Kier alpha value is -0.283. The molecule has 1 aromatic rings. The van der Waals surface area contributed by atoms with Crippen LogP contribution in [0.5, 0.6) is 0 Å². The van der Waals surface area contributed by atoms with E-state index in [1.807, 2.05) is 0 Å². The van der Waals surface area contributed by atoms with Gasteiger partial charge in [0.15, 0.2) is 0 Å². The van der Waals surface area contributed by atoms with Crippen LogP contribution in [0.2, 0.25) is 19.6 Å². The lowest BCUT2D eigenvalue weighted by atomic mass is 10.3. The predicted octanol–water partition coefficient (Wildman–Crippen LogP) is 3.76. The highest BCUT2D eigenvalue weighted by Gasteiger charge is 2.15. The van der Waals surface area contributed by atoms with Crippen LogP contribution < -0.4 is 4.90 Å². The molecular formula is C11H18BrNSi. The maximum atomic E-state index is 3.45. The molecule has 0 radical (unpaired) electrons. The number of nitrogens with zero attached hydrogens (tertiary/aromatic N) is 1. The van der Waals surface area contributed by atoms with E-state index in [1.54, 1.807) is 0 Å². The molecule has 0 aliphatic rings. The minimum absolute atomic E-state index is 1.00. The van der Waals surface area contributed by atoms with Gasteiger partial charge in [-0.25, -0.2) is 0 Å². The lowest BCUT2D eigenvalue weighted by Crippen LogP contribution is -2.37. The van der Waals surface area contributed by atoms with Gasteiger partial charge >= 0.3 is 0 Å². The zero-order chi connectivity index (χ0) is 10.8. The summed E-state index contributed by atoms with van der Waals surface area (Å²) in [5.74, 6) is 0. The van der Waals surface area contributed by atoms with Gasteiger partial charge < -0.3 is 4.90 Å². The van der Waals surface area contributed by atoms with E-state index in [1.165, 1.54) is 11.9 Å². The lowest BCUT2D eigenvalue weighted by Gasteiger charge is -2.26. The second kappa shape index (κ2) is 4.49. The van der Waals surface area contributed by atoms with Crippen LogP contribution in [0.25, 0.3) is 0 Å². The van der Waals surface area contributed by atoms with Crippen LogP contribution in [-0.4, -0.2) is 21.3 Å². The van der Waals surface area contributed by atoms with E-state index in [4.69, 9.17) is 0 Å². The van der Waals surface area contributed by atoms with E-state index in [2.05, 4.69) is 71.8 Å². The van der Waals surface area contributed by atoms with Crippen molar-refractivity contribution in [1.29, 1.82) is 0 Å². The Morgan fingerprint density at radius 2 is 1.64 bits per heavy atom. The third-order valence-corrected chi connectivity index (χ3v) is 3.93. The van der Waals surface area contributed by atoms with E-state index in [9.17, 15) is 0 Å². The summed E-state index contributed by atoms with van der Waals surface area (Å²) in [6.07, 6.45) is 1.20. The Balaban J connectivity index is 2.70. The van der Waals surface area contributed by atoms with Gasteiger partial charge in [0, 0.05) is 23.4 Å². The quantitative estimate of drug-likeness (QED) is 0.757. The smallest absolute Gasteiger partial charge is 0.0665 e. The van der Waals surface area contributed by atoms with Gasteiger partial charge in [-0.05, 0) is 24.3 Å². The second-order valence-corrected chi connectivity index (χ2v) is 11.2. The fraction of sp³-hybridized carbons (Fsp3) is 0.455. The highest BCUT2D eigenvalue weighted by molar-refractivity contribution is 9.10. The molecule has 3 heteroatoms. The molecule has 78 valence electrons. The average molecular weight is 272 g/mol. The highest BCUT2D eigenvalue weighted by atomic mass is 79.9. The molecule has 0 aliphatic carbocycles. The minimum Gasteiger partial charge on any atom is -0.378 e. The first-order valence-electron chi connectivity index (χ1n) is 4.85. The van der Waals surface area contributed by atoms with Gasteiger partial charge in [0.25, 0.3) is 0 Å². The topological polar surface area (TPSA) is 3.24 Å². The van der Waals surface area contributed by atoms with Gasteiger partial charge in [-0.15, -0.1) is 0 Å². The molecular weight excluding hydrogens is 254 g/mol. The molecule has 1 aromatic carbocycles. The highest BCUT2D eigenvalue weighted by Crippen LogP contribution is 2.18. The Morgan fingerprint density at radius 3 is 2.07 bits per heavy atom. The molecule has 0 bridgehead atoms. The summed E-state index contributed by atoms with van der Waals surface area (Å²) in [7, 11) is 1.17. The molecule has 0 heterocycles. The molecule has 0 saturated heterocycles. The number of hydrogen-bond acceptors (Lipinski definition) is 1. The van der Waals surface area contributed by atoms with Gasteiger partial charge in [-0.3, -0.25) is 0 Å². The number of benzene rings is 1. The van der Waals surface area contributed by atoms with Gasteiger partial charge in [0.1, 0.15) is 0 Å². The number of hydrogen-bond donors (Lipinski definition) is 0. The maximum Gasteiger partial charge on any atom is 0.0665 e. The normalized spacial score (nSPS) is 11.5. The SMILES string of the molecule is CN(C[Si](C)(C)C)c1ccc(Br)cc1. The third kappa shape index (κ3) is 3.84. The van der Waals surface area contributed by atoms with Gasteiger partial charge in [0.05, 0.1) is 8.07 Å². The first-order valence-corrected chi connectivity index (χ1v) is 9.35. The minimum atomic E-state index is -1.00. The van der Waals surface area contributed by atoms with Crippen molar-refractivity contribution in [2.45, 2.75) is 19.6 Å². The molecule has 1 rings (SSSR count). The molecule has 0 fully saturated rings. The summed E-state index contributed by atoms with van der Waals surface area (Å²) in [6, 6.07) is 8.50. The standard InChI is InChI=1S/C11H18BrNSi/c1-13(9-14(2,3)4)11-7-5-10(12)6-8-11/h5-8H,9H2,1-4H3. The van der Waals surface area contributed by atoms with Crippen LogP contribution in [0.1, 0.15) is 0 Å². The van der Waals surface area contributed by atoms with Crippen molar-refractivity contribution in [3.8, 4) is 0 Å². The second-order valence-electron chi connectivity index (χ2n) is 4.89. The predicted molar refractivity (Wildman–Crippen MR) is 70.8 cm³/mol. The van der Waals surface area contributed by atoms with Gasteiger partial charge in [-0.1, -0.05) is 35.6 Å². The fourth-order valence-corrected chi connectivity index (χ4v) is 3.37. The first-order chi connectivity index (χ1) is 6.38. The van der Waals surface area contributed by atoms with E-state index in [-0.39, 0.29) is 0 Å². The molecule has 0 spiro atoms. The van der Waals surface area contributed by atoms with Crippen molar-refractivity contribution < 1.29 is 0 Å². The number of rotatable bonds is 3. The lowest BCUT2D eigenvalue weighted by molar-refractivity contribution is 1.06. The number of halogens is 1. The van der Waals surface area contributed by atoms with Crippen LogP contribution in [0.3, 0.4) is 0 Å². The van der Waals surface area contributed by atoms with Crippen molar-refractivity contribution in [2.24, 2.45) is 0 Å². The number of anilines is 1. The van der Waals surface area contributed by atoms with Crippen molar-refractivity contribution in [2.75, 3.05) is 18.1 Å². The summed E-state index contributed by atoms with van der Waals surface area (Å²) in [5, 5.41) is 0. The Labute approximate surface area is 96.3 Å². The summed E-state index contributed by atoms with van der Waals surface area (Å²) in [4.78, 5) is 2.35. The third-order valence-electron chi connectivity index (χ3n) is 1.98. The summed E-state index contributed by atoms with van der Waals surface area (Å²) in [6.45, 7) is 7.17. The molecule has 14 heavy (non-hydrogen) atoms. The monoisotopic (exact) mass is 271 g/mol. The van der Waals surface area contributed by atoms with E-state index < -0.39 is 8.07 Å². The van der Waals surface area contributed by atoms with Crippen molar-refractivity contribution >= 4 is 29.7 Å². The van der Waals surface area contributed by atoms with Gasteiger partial charge in [0.2, 0.25) is 0 Å². The molecule has 0 aliphatic heterocycles. The molecule has 0 saturated carbocycles. The summed E-state index contributed by atoms with van der Waals surface area (Å²) >= 11 is 3.45. The Kier molecular flexibility index (Phi) is 3.78. The van der Waals surface area contributed by atoms with E-state index in [0.29, 0.717) is 0 Å². The molecule has 0 unspecified atom stereocenters. The zero-order valence-electron chi connectivity index (χ0n) is 9.34. The maximum absolute atomic E-state index is 3.45. The van der Waals surface area contributed by atoms with Crippen LogP contribution >= 0.6 is 15.9 Å². The molecule has 0 aromatic heterocycles. The average Bonchev–Trinajstić information content (AvgIpc) is 2.02.